The molecule has 3 aromatic carbocycles. The fourth-order valence-electron chi connectivity index (χ4n) is 5.69. The highest BCUT2D eigenvalue weighted by Gasteiger charge is 2.34. The normalized spacial score (nSPS) is 12.6. The molecule has 5 aromatic rings. The second-order valence-electron chi connectivity index (χ2n) is 10.6. The number of carbonyl (C=O) groups excluding carboxylic acids is 4. The summed E-state index contributed by atoms with van der Waals surface area (Å²) < 4.78 is 23.6. The van der Waals surface area contributed by atoms with Crippen LogP contribution in [0.2, 0.25) is 0 Å². The van der Waals surface area contributed by atoms with Crippen LogP contribution in [-0.2, 0) is 22.5 Å². The minimum absolute atomic E-state index is 0.0481. The maximum absolute atomic E-state index is 16.0. The van der Waals surface area contributed by atoms with Crippen molar-refractivity contribution in [1.29, 1.82) is 0 Å². The zero-order valence-corrected chi connectivity index (χ0v) is 26.8. The van der Waals surface area contributed by atoms with Gasteiger partial charge in [-0.2, -0.15) is 0 Å². The Kier molecular flexibility index (Phi) is 8.78. The van der Waals surface area contributed by atoms with Crippen LogP contribution in [0.15, 0.2) is 82.6 Å². The van der Waals surface area contributed by atoms with Gasteiger partial charge in [0.05, 0.1) is 44.0 Å². The van der Waals surface area contributed by atoms with E-state index in [9.17, 15) is 19.2 Å². The minimum atomic E-state index is -0.383. The lowest BCUT2D eigenvalue weighted by molar-refractivity contribution is -0.142. The van der Waals surface area contributed by atoms with Crippen molar-refractivity contribution < 1.29 is 28.3 Å². The first kappa shape index (κ1) is 30.6. The molecule has 0 bridgehead atoms. The van der Waals surface area contributed by atoms with E-state index >= 15 is 4.39 Å². The van der Waals surface area contributed by atoms with Gasteiger partial charge in [0, 0.05) is 29.6 Å². The fraction of sp³-hybridized carbons (Fsp3) is 0.200. The van der Waals surface area contributed by atoms with Crippen molar-refractivity contribution in [1.82, 2.24) is 9.47 Å². The highest BCUT2D eigenvalue weighted by Crippen LogP contribution is 2.35. The maximum atomic E-state index is 16.0. The van der Waals surface area contributed by atoms with Crippen LogP contribution in [0.4, 0.5) is 4.39 Å². The molecule has 10 heteroatoms. The molecule has 0 radical (unpaired) electrons. The minimum Gasteiger partial charge on any atom is -0.466 e. The molecular weight excluding hydrogens is 659 g/mol. The van der Waals surface area contributed by atoms with Gasteiger partial charge in [0.15, 0.2) is 5.82 Å². The van der Waals surface area contributed by atoms with E-state index in [1.165, 1.54) is 16.2 Å². The van der Waals surface area contributed by atoms with Gasteiger partial charge < -0.3 is 9.30 Å². The number of halogens is 2. The quantitative estimate of drug-likeness (QED) is 0.0616. The van der Waals surface area contributed by atoms with E-state index in [1.54, 1.807) is 55.5 Å². The summed E-state index contributed by atoms with van der Waals surface area (Å²) in [7, 11) is 0. The molecule has 0 N–H and O–H groups in total. The summed E-state index contributed by atoms with van der Waals surface area (Å²) in [5.74, 6) is -1.59. The molecule has 1 aliphatic rings. The van der Waals surface area contributed by atoms with Gasteiger partial charge in [-0.3, -0.25) is 24.1 Å². The Morgan fingerprint density at radius 3 is 2.24 bits per heavy atom. The molecule has 2 aromatic heterocycles. The third-order valence-electron chi connectivity index (χ3n) is 7.83. The molecule has 0 unspecified atom stereocenters. The number of fused-ring (bicyclic) bond motifs is 2. The van der Waals surface area contributed by atoms with Crippen LogP contribution in [0.5, 0.6) is 0 Å². The Labute approximate surface area is 271 Å². The monoisotopic (exact) mass is 686 g/mol. The molecule has 228 valence electrons. The standard InChI is InChI=1S/C35H28BrFN2O5S/c1-2-44-29(40)20-23-19-28(45-33(23)36)32(41)22-14-15-26-27(18-22)38(31(30(26)37)21-10-4-3-5-11-21)16-8-9-17-39-34(42)24-12-6-7-13-25(24)35(39)43/h3-7,10-15,18-19H,2,8-9,16-17,20H2,1H3. The van der Waals surface area contributed by atoms with Crippen molar-refractivity contribution in [3.05, 3.63) is 116 Å². The van der Waals surface area contributed by atoms with Crippen LogP contribution >= 0.6 is 27.3 Å². The zero-order valence-electron chi connectivity index (χ0n) is 24.3. The lowest BCUT2D eigenvalue weighted by atomic mass is 10.1. The van der Waals surface area contributed by atoms with E-state index in [0.717, 1.165) is 0 Å². The lowest BCUT2D eigenvalue weighted by Crippen LogP contribution is -2.30. The Hall–Kier alpha value is -4.41. The summed E-state index contributed by atoms with van der Waals surface area (Å²) >= 11 is 4.70. The van der Waals surface area contributed by atoms with Gasteiger partial charge in [-0.1, -0.05) is 48.5 Å². The van der Waals surface area contributed by atoms with Crippen LogP contribution in [0.1, 0.15) is 61.3 Å². The molecule has 0 saturated carbocycles. The van der Waals surface area contributed by atoms with Crippen LogP contribution in [0.3, 0.4) is 0 Å². The SMILES string of the molecule is CCOC(=O)Cc1cc(C(=O)c2ccc3c(F)c(-c4ccccc4)n(CCCCN4C(=O)c5ccccc5C4=O)c3c2)sc1Br. The van der Waals surface area contributed by atoms with Gasteiger partial charge in [-0.05, 0) is 71.6 Å². The second kappa shape index (κ2) is 12.9. The summed E-state index contributed by atoms with van der Waals surface area (Å²) in [4.78, 5) is 52.9. The molecule has 7 nitrogen and oxygen atoms in total. The van der Waals surface area contributed by atoms with Crippen LogP contribution in [0, 0.1) is 5.82 Å². The number of nitrogens with zero attached hydrogens (tertiary/aromatic N) is 2. The summed E-state index contributed by atoms with van der Waals surface area (Å²) in [6.07, 6.45) is 1.13. The number of carbonyl (C=O) groups is 4. The van der Waals surface area contributed by atoms with Crippen molar-refractivity contribution in [3.63, 3.8) is 0 Å². The van der Waals surface area contributed by atoms with Crippen molar-refractivity contribution in [2.24, 2.45) is 0 Å². The number of rotatable bonds is 11. The number of aromatic nitrogens is 1. The van der Waals surface area contributed by atoms with E-state index < -0.39 is 0 Å². The molecule has 0 spiro atoms. The zero-order chi connectivity index (χ0) is 31.7. The average Bonchev–Trinajstić information content (AvgIpc) is 3.64. The number of aryl methyl sites for hydroxylation is 1. The van der Waals surface area contributed by atoms with Crippen molar-refractivity contribution in [3.8, 4) is 11.3 Å². The summed E-state index contributed by atoms with van der Waals surface area (Å²) in [6, 6.07) is 22.7. The predicted molar refractivity (Wildman–Crippen MR) is 174 cm³/mol. The van der Waals surface area contributed by atoms with Crippen molar-refractivity contribution >= 4 is 61.7 Å². The first-order valence-corrected chi connectivity index (χ1v) is 16.2. The van der Waals surface area contributed by atoms with Crippen LogP contribution < -0.4 is 0 Å². The molecule has 6 rings (SSSR count). The van der Waals surface area contributed by atoms with Gasteiger partial charge in [-0.15, -0.1) is 11.3 Å². The predicted octanol–water partition coefficient (Wildman–Crippen LogP) is 7.68. The summed E-state index contributed by atoms with van der Waals surface area (Å²) in [5.41, 5.74) is 3.56. The number of imide groups is 1. The Balaban J connectivity index is 1.28. The molecule has 3 heterocycles. The molecule has 2 amide bonds. The highest BCUT2D eigenvalue weighted by molar-refractivity contribution is 9.11. The van der Waals surface area contributed by atoms with Gasteiger partial charge in [0.25, 0.3) is 11.8 Å². The number of unbranched alkanes of at least 4 members (excludes halogenated alkanes) is 1. The largest absolute Gasteiger partial charge is 0.466 e. The molecule has 0 fully saturated rings. The molecule has 0 aliphatic carbocycles. The van der Waals surface area contributed by atoms with Gasteiger partial charge in [0.1, 0.15) is 0 Å². The average molecular weight is 688 g/mol. The topological polar surface area (TPSA) is 85.7 Å². The van der Waals surface area contributed by atoms with Gasteiger partial charge in [0.2, 0.25) is 5.78 Å². The number of amides is 2. The van der Waals surface area contributed by atoms with E-state index in [-0.39, 0.29) is 49.0 Å². The van der Waals surface area contributed by atoms with Crippen LogP contribution in [-0.4, -0.2) is 46.2 Å². The van der Waals surface area contributed by atoms with Gasteiger partial charge >= 0.3 is 5.97 Å². The number of hydrogen-bond donors (Lipinski definition) is 0. The number of benzene rings is 3. The third-order valence-corrected chi connectivity index (χ3v) is 9.78. The molecule has 0 atom stereocenters. The molecule has 0 saturated heterocycles. The number of ketones is 1. The smallest absolute Gasteiger partial charge is 0.310 e. The van der Waals surface area contributed by atoms with E-state index in [0.29, 0.717) is 72.5 Å². The Bertz CT molecular complexity index is 1930. The summed E-state index contributed by atoms with van der Waals surface area (Å²) in [5, 5.41) is 0.390. The first-order chi connectivity index (χ1) is 21.8. The second-order valence-corrected chi connectivity index (χ2v) is 13.0. The number of esters is 1. The summed E-state index contributed by atoms with van der Waals surface area (Å²) in [6.45, 7) is 2.66. The Morgan fingerprint density at radius 2 is 1.56 bits per heavy atom. The number of ether oxygens (including phenoxy) is 1. The lowest BCUT2D eigenvalue weighted by Gasteiger charge is -2.15. The van der Waals surface area contributed by atoms with Crippen LogP contribution in [0.25, 0.3) is 22.2 Å². The number of hydrogen-bond acceptors (Lipinski definition) is 6. The Morgan fingerprint density at radius 1 is 0.889 bits per heavy atom. The van der Waals surface area contributed by atoms with E-state index in [1.807, 2.05) is 34.9 Å². The van der Waals surface area contributed by atoms with E-state index in [4.69, 9.17) is 4.74 Å². The molecular formula is C35H28BrFN2O5S. The fourth-order valence-corrected chi connectivity index (χ4v) is 7.33. The van der Waals surface area contributed by atoms with Gasteiger partial charge in [-0.25, -0.2) is 4.39 Å². The third kappa shape index (κ3) is 5.87. The van der Waals surface area contributed by atoms with Crippen molar-refractivity contribution in [2.75, 3.05) is 13.2 Å². The van der Waals surface area contributed by atoms with Crippen molar-refractivity contribution in [2.45, 2.75) is 32.7 Å². The molecule has 1 aliphatic heterocycles. The highest BCUT2D eigenvalue weighted by atomic mass is 79.9. The molecule has 45 heavy (non-hydrogen) atoms. The number of thiophene rings is 1. The van der Waals surface area contributed by atoms with E-state index in [2.05, 4.69) is 15.9 Å². The first-order valence-electron chi connectivity index (χ1n) is 14.6. The maximum Gasteiger partial charge on any atom is 0.310 e.